The van der Waals surface area contributed by atoms with Crippen molar-refractivity contribution in [1.82, 2.24) is 0 Å². The highest BCUT2D eigenvalue weighted by atomic mass is 31.2. The Morgan fingerprint density at radius 2 is 0.485 bits per heavy atom. The van der Waals surface area contributed by atoms with E-state index < -0.39 is 91.5 Å². The van der Waals surface area contributed by atoms with Gasteiger partial charge in [0.1, 0.15) is 25.4 Å². The summed E-state index contributed by atoms with van der Waals surface area (Å²) in [5.74, 6) is -1.64. The van der Waals surface area contributed by atoms with Crippen LogP contribution in [-0.2, 0) is 55.8 Å². The molecular formula is C85H140O16P2. The molecule has 4 N–H and O–H groups in total. The van der Waals surface area contributed by atoms with E-state index in [0.717, 1.165) is 167 Å². The summed E-state index contributed by atoms with van der Waals surface area (Å²) in [6, 6.07) is 0. The van der Waals surface area contributed by atoms with Gasteiger partial charge in [-0.2, -0.15) is 0 Å². The first-order chi connectivity index (χ1) is 50.2. The van der Waals surface area contributed by atoms with Crippen LogP contribution in [0.5, 0.6) is 0 Å². The van der Waals surface area contributed by atoms with E-state index in [-0.39, 0.29) is 19.3 Å². The van der Waals surface area contributed by atoms with E-state index in [0.29, 0.717) is 19.3 Å². The van der Waals surface area contributed by atoms with Gasteiger partial charge in [-0.15, -0.1) is 0 Å². The third kappa shape index (κ3) is 77.8. The molecule has 0 bridgehead atoms. The number of esters is 3. The standard InChI is InChI=1S/C85H140O16P2/c1-4-7-10-13-16-19-22-25-28-30-32-33-34-35-36-37-38-39-40-41-42-43-44-45-47-49-51-53-56-59-62-65-68-71-83(88)95-74-80(86)75-97-102(91,92)98-76-81(87)77-99-103(93,94)100-79-82(101-85(90)73-70-67-64-61-58-55-50-27-24-21-18-15-12-9-6-3)78-96-84(89)72-69-66-63-60-57-54-52-48-46-31-29-26-23-20-17-14-11-8-5-2/h7-12,16-21,25-29,32-33,35-36,38-39,46,48,50,54,57,80-82,86-87H,4-6,13-15,22-24,30-31,34,37,40-45,47,49,51-53,55-56,58-79H2,1-3H3,(H,91,92)(H,93,94)/b10-7-,11-8-,12-9-,19-16-,20-17-,21-18-,28-25-,29-26-,33-32-,36-35-,39-38-,48-46-,50-27-,57-54-. The monoisotopic (exact) mass is 1480 g/mol. The minimum atomic E-state index is -4.95. The summed E-state index contributed by atoms with van der Waals surface area (Å²) in [5.41, 5.74) is 0. The van der Waals surface area contributed by atoms with Gasteiger partial charge in [-0.1, -0.05) is 294 Å². The summed E-state index contributed by atoms with van der Waals surface area (Å²) in [6.45, 7) is 2.27. The van der Waals surface area contributed by atoms with Gasteiger partial charge in [-0.05, 0) is 148 Å². The van der Waals surface area contributed by atoms with E-state index in [1.807, 2.05) is 0 Å². The lowest BCUT2D eigenvalue weighted by Gasteiger charge is -2.21. The molecule has 0 saturated heterocycles. The number of ether oxygens (including phenoxy) is 3. The second-order valence-corrected chi connectivity index (χ2v) is 28.6. The van der Waals surface area contributed by atoms with Crippen molar-refractivity contribution in [3.63, 3.8) is 0 Å². The lowest BCUT2D eigenvalue weighted by atomic mass is 10.0. The summed E-state index contributed by atoms with van der Waals surface area (Å²) in [6.07, 6.45) is 97.0. The number of allylic oxidation sites excluding steroid dienone is 28. The van der Waals surface area contributed by atoms with E-state index in [9.17, 15) is 43.5 Å². The van der Waals surface area contributed by atoms with Crippen LogP contribution in [0.4, 0.5) is 0 Å². The normalized spacial score (nSPS) is 14.9. The maximum Gasteiger partial charge on any atom is 0.472 e. The van der Waals surface area contributed by atoms with Crippen molar-refractivity contribution in [3.8, 4) is 0 Å². The van der Waals surface area contributed by atoms with E-state index >= 15 is 0 Å². The average molecular weight is 1480 g/mol. The Bertz CT molecular complexity index is 2550. The number of rotatable bonds is 73. The fourth-order valence-corrected chi connectivity index (χ4v) is 11.6. The Balaban J connectivity index is 4.50. The number of phosphoric ester groups is 2. The lowest BCUT2D eigenvalue weighted by Crippen LogP contribution is -2.30. The van der Waals surface area contributed by atoms with Gasteiger partial charge in [0.15, 0.2) is 6.10 Å². The molecule has 0 spiro atoms. The Morgan fingerprint density at radius 1 is 0.272 bits per heavy atom. The van der Waals surface area contributed by atoms with Gasteiger partial charge in [0.25, 0.3) is 0 Å². The molecule has 103 heavy (non-hydrogen) atoms. The Kier molecular flexibility index (Phi) is 72.8. The van der Waals surface area contributed by atoms with Gasteiger partial charge in [0.05, 0.1) is 26.4 Å². The van der Waals surface area contributed by atoms with Crippen LogP contribution >= 0.6 is 15.6 Å². The van der Waals surface area contributed by atoms with E-state index in [2.05, 4.69) is 191 Å². The van der Waals surface area contributed by atoms with E-state index in [1.165, 1.54) is 64.2 Å². The van der Waals surface area contributed by atoms with Gasteiger partial charge >= 0.3 is 33.6 Å². The number of phosphoric acid groups is 2. The van der Waals surface area contributed by atoms with Crippen molar-refractivity contribution in [2.24, 2.45) is 0 Å². The van der Waals surface area contributed by atoms with Crippen LogP contribution in [0.25, 0.3) is 0 Å². The zero-order chi connectivity index (χ0) is 75.2. The Labute approximate surface area is 624 Å². The molecule has 0 aromatic heterocycles. The molecule has 0 heterocycles. The molecule has 0 fully saturated rings. The largest absolute Gasteiger partial charge is 0.472 e. The Morgan fingerprint density at radius 3 is 0.777 bits per heavy atom. The van der Waals surface area contributed by atoms with Crippen LogP contribution in [0.1, 0.15) is 290 Å². The quantitative estimate of drug-likeness (QED) is 0.0146. The zero-order valence-electron chi connectivity index (χ0n) is 63.9. The molecular weight excluding hydrogens is 1340 g/mol. The maximum atomic E-state index is 12.9. The number of aliphatic hydroxyl groups is 2. The zero-order valence-corrected chi connectivity index (χ0v) is 65.7. The highest BCUT2D eigenvalue weighted by Crippen LogP contribution is 2.45. The minimum Gasteiger partial charge on any atom is -0.463 e. The van der Waals surface area contributed by atoms with Gasteiger partial charge in [0, 0.05) is 19.3 Å². The number of carbonyl (C=O) groups excluding carboxylic acids is 3. The SMILES string of the molecule is CC/C=C\C/C=C\C/C=C\C/C=C\C/C=C\C/C=C\CCCCCCCCCCCCCCCCC(=O)OCC(O)COP(=O)(O)OCC(O)COP(=O)(O)OCC(COC(=O)CCCCC/C=C\C/C=C\C/C=C\C/C=C\C/C=C\CC)OC(=O)CCCCCCC/C=C\C/C=C\C/C=C\CC. The van der Waals surface area contributed by atoms with Gasteiger partial charge in [0.2, 0.25) is 0 Å². The second kappa shape index (κ2) is 76.6. The lowest BCUT2D eigenvalue weighted by molar-refractivity contribution is -0.161. The molecule has 0 saturated carbocycles. The van der Waals surface area contributed by atoms with E-state index in [4.69, 9.17) is 32.3 Å². The number of hydrogen-bond acceptors (Lipinski definition) is 14. The molecule has 0 aliphatic rings. The number of aliphatic hydroxyl groups excluding tert-OH is 2. The van der Waals surface area contributed by atoms with Crippen molar-refractivity contribution in [3.05, 3.63) is 170 Å². The first-order valence-electron chi connectivity index (χ1n) is 39.4. The fraction of sp³-hybridized carbons (Fsp3) is 0.635. The van der Waals surface area contributed by atoms with Crippen molar-refractivity contribution in [2.75, 3.05) is 39.6 Å². The van der Waals surface area contributed by atoms with Crippen molar-refractivity contribution >= 4 is 33.6 Å². The summed E-state index contributed by atoms with van der Waals surface area (Å²) in [4.78, 5) is 58.6. The predicted octanol–water partition coefficient (Wildman–Crippen LogP) is 23.2. The van der Waals surface area contributed by atoms with Crippen molar-refractivity contribution in [1.29, 1.82) is 0 Å². The molecule has 0 amide bonds. The van der Waals surface area contributed by atoms with Gasteiger partial charge in [-0.3, -0.25) is 32.5 Å². The molecule has 0 radical (unpaired) electrons. The number of unbranched alkanes of at least 4 members (excludes halogenated alkanes) is 22. The molecule has 0 aromatic rings. The number of carbonyl (C=O) groups is 3. The molecule has 5 unspecified atom stereocenters. The molecule has 586 valence electrons. The molecule has 0 aliphatic heterocycles. The van der Waals surface area contributed by atoms with Crippen molar-refractivity contribution in [2.45, 2.75) is 309 Å². The molecule has 0 aliphatic carbocycles. The molecule has 16 nitrogen and oxygen atoms in total. The van der Waals surface area contributed by atoms with Crippen LogP contribution in [0.2, 0.25) is 0 Å². The first kappa shape index (κ1) is 97.9. The van der Waals surface area contributed by atoms with Crippen LogP contribution in [0.15, 0.2) is 170 Å². The Hall–Kier alpha value is -5.09. The second-order valence-electron chi connectivity index (χ2n) is 25.7. The summed E-state index contributed by atoms with van der Waals surface area (Å²) in [7, 11) is -9.81. The fourth-order valence-electron chi connectivity index (χ4n) is 10.0. The highest BCUT2D eigenvalue weighted by molar-refractivity contribution is 7.47. The average Bonchev–Trinajstić information content (AvgIpc) is 0.916. The van der Waals surface area contributed by atoms with Crippen LogP contribution in [0, 0.1) is 0 Å². The minimum absolute atomic E-state index is 0.0723. The third-order valence-electron chi connectivity index (χ3n) is 15.9. The topological polar surface area (TPSA) is 231 Å². The van der Waals surface area contributed by atoms with Crippen molar-refractivity contribution < 1.29 is 75.8 Å². The van der Waals surface area contributed by atoms with Crippen LogP contribution in [-0.4, -0.2) is 95.9 Å². The van der Waals surface area contributed by atoms with Gasteiger partial charge in [-0.25, -0.2) is 9.13 Å². The molecule has 0 aromatic carbocycles. The first-order valence-corrected chi connectivity index (χ1v) is 42.4. The van der Waals surface area contributed by atoms with Gasteiger partial charge < -0.3 is 34.2 Å². The summed E-state index contributed by atoms with van der Waals surface area (Å²) in [5, 5.41) is 20.6. The third-order valence-corrected chi connectivity index (χ3v) is 17.8. The maximum absolute atomic E-state index is 12.9. The highest BCUT2D eigenvalue weighted by Gasteiger charge is 2.29. The molecule has 18 heteroatoms. The predicted molar refractivity (Wildman–Crippen MR) is 426 cm³/mol. The van der Waals surface area contributed by atoms with E-state index in [1.54, 1.807) is 0 Å². The van der Waals surface area contributed by atoms with Crippen LogP contribution in [0.3, 0.4) is 0 Å². The molecule has 0 rings (SSSR count). The smallest absolute Gasteiger partial charge is 0.463 e. The summed E-state index contributed by atoms with van der Waals surface area (Å²) >= 11 is 0. The summed E-state index contributed by atoms with van der Waals surface area (Å²) < 4.78 is 61.1. The molecule has 5 atom stereocenters. The van der Waals surface area contributed by atoms with Crippen LogP contribution < -0.4 is 0 Å². The number of hydrogen-bond donors (Lipinski definition) is 4.